The molecule has 1 aromatic rings. The van der Waals surface area contributed by atoms with Crippen LogP contribution in [0.1, 0.15) is 5.56 Å². The van der Waals surface area contributed by atoms with E-state index in [0.29, 0.717) is 6.61 Å². The molecule has 1 N–H and O–H groups in total. The summed E-state index contributed by atoms with van der Waals surface area (Å²) in [6.45, 7) is 4.26. The average molecular weight is 179 g/mol. The molecule has 1 aromatic carbocycles. The van der Waals surface area contributed by atoms with Crippen molar-refractivity contribution in [1.29, 1.82) is 0 Å². The molecule has 0 bridgehead atoms. The molecule has 0 fully saturated rings. The van der Waals surface area contributed by atoms with Crippen molar-refractivity contribution in [2.24, 2.45) is 0 Å². The van der Waals surface area contributed by atoms with Gasteiger partial charge in [0.1, 0.15) is 0 Å². The summed E-state index contributed by atoms with van der Waals surface area (Å²) in [6, 6.07) is 10.1. The first-order chi connectivity index (χ1) is 6.33. The lowest BCUT2D eigenvalue weighted by molar-refractivity contribution is 0.0534. The molecule has 2 heteroatoms. The number of hydrogen-bond acceptors (Lipinski definition) is 2. The maximum atomic E-state index is 8.53. The minimum Gasteiger partial charge on any atom is -0.394 e. The van der Waals surface area contributed by atoms with Crippen LogP contribution in [-0.2, 0) is 11.2 Å². The first-order valence-electron chi connectivity index (χ1n) is 4.42. The zero-order chi connectivity index (χ0) is 9.52. The standard InChI is InChI=1S/C11H15O2/c1-10(13-8-7-12)9-11-5-3-2-4-6-11/h2-6,10,12H,1,7-9H2. The van der Waals surface area contributed by atoms with Gasteiger partial charge in [0.15, 0.2) is 0 Å². The number of hydrogen-bond donors (Lipinski definition) is 1. The zero-order valence-corrected chi connectivity index (χ0v) is 7.65. The number of benzene rings is 1. The molecule has 0 spiro atoms. The van der Waals surface area contributed by atoms with E-state index in [0.717, 1.165) is 6.42 Å². The van der Waals surface area contributed by atoms with Gasteiger partial charge in [0.25, 0.3) is 0 Å². The molecular weight excluding hydrogens is 164 g/mol. The summed E-state index contributed by atoms with van der Waals surface area (Å²) in [6.07, 6.45) is 0.718. The van der Waals surface area contributed by atoms with Crippen molar-refractivity contribution in [3.05, 3.63) is 42.8 Å². The molecule has 13 heavy (non-hydrogen) atoms. The fraction of sp³-hybridized carbons (Fsp3) is 0.364. The summed E-state index contributed by atoms with van der Waals surface area (Å²) in [5, 5.41) is 8.53. The van der Waals surface area contributed by atoms with Gasteiger partial charge < -0.3 is 9.84 Å². The van der Waals surface area contributed by atoms with Crippen LogP contribution in [0.25, 0.3) is 0 Å². The largest absolute Gasteiger partial charge is 0.394 e. The summed E-state index contributed by atoms with van der Waals surface area (Å²) >= 11 is 0. The molecular formula is C11H15O2. The Morgan fingerprint density at radius 2 is 2.00 bits per heavy atom. The molecule has 1 unspecified atom stereocenters. The predicted octanol–water partition coefficient (Wildman–Crippen LogP) is 1.44. The van der Waals surface area contributed by atoms with Gasteiger partial charge in [-0.05, 0) is 18.9 Å². The van der Waals surface area contributed by atoms with Gasteiger partial charge in [0.05, 0.1) is 19.3 Å². The van der Waals surface area contributed by atoms with Crippen LogP contribution in [-0.4, -0.2) is 24.4 Å². The van der Waals surface area contributed by atoms with E-state index in [2.05, 4.69) is 6.92 Å². The summed E-state index contributed by atoms with van der Waals surface area (Å²) in [5.41, 5.74) is 1.21. The van der Waals surface area contributed by atoms with Gasteiger partial charge in [-0.25, -0.2) is 0 Å². The molecule has 1 radical (unpaired) electrons. The van der Waals surface area contributed by atoms with Crippen molar-refractivity contribution in [3.8, 4) is 0 Å². The third-order valence-electron chi connectivity index (χ3n) is 1.75. The lowest BCUT2D eigenvalue weighted by Gasteiger charge is -2.11. The Labute approximate surface area is 79.2 Å². The van der Waals surface area contributed by atoms with E-state index in [-0.39, 0.29) is 12.7 Å². The quantitative estimate of drug-likeness (QED) is 0.741. The van der Waals surface area contributed by atoms with E-state index in [9.17, 15) is 0 Å². The minimum atomic E-state index is -0.0745. The third-order valence-corrected chi connectivity index (χ3v) is 1.75. The first kappa shape index (κ1) is 10.2. The van der Waals surface area contributed by atoms with Crippen LogP contribution in [0.3, 0.4) is 0 Å². The van der Waals surface area contributed by atoms with Crippen LogP contribution in [0.15, 0.2) is 30.3 Å². The molecule has 0 saturated carbocycles. The van der Waals surface area contributed by atoms with Crippen LogP contribution in [0, 0.1) is 6.92 Å². The summed E-state index contributed by atoms with van der Waals surface area (Å²) in [4.78, 5) is 0. The highest BCUT2D eigenvalue weighted by molar-refractivity contribution is 5.15. The smallest absolute Gasteiger partial charge is 0.0701 e. The van der Waals surface area contributed by atoms with Crippen molar-refractivity contribution in [1.82, 2.24) is 0 Å². The van der Waals surface area contributed by atoms with Gasteiger partial charge in [0, 0.05) is 0 Å². The lowest BCUT2D eigenvalue weighted by atomic mass is 10.1. The second kappa shape index (κ2) is 5.73. The Morgan fingerprint density at radius 3 is 2.62 bits per heavy atom. The van der Waals surface area contributed by atoms with E-state index in [1.54, 1.807) is 0 Å². The number of aliphatic hydroxyl groups is 1. The SMILES string of the molecule is [CH2]C(Cc1ccccc1)OCCO. The summed E-state index contributed by atoms with van der Waals surface area (Å²) in [7, 11) is 0. The minimum absolute atomic E-state index is 0.0564. The van der Waals surface area contributed by atoms with Crippen LogP contribution in [0.2, 0.25) is 0 Å². The summed E-state index contributed by atoms with van der Waals surface area (Å²) < 4.78 is 5.23. The monoisotopic (exact) mass is 179 g/mol. The molecule has 71 valence electrons. The Bertz CT molecular complexity index is 221. The number of ether oxygens (including phenoxy) is 1. The van der Waals surface area contributed by atoms with Crippen molar-refractivity contribution in [2.75, 3.05) is 13.2 Å². The predicted molar refractivity (Wildman–Crippen MR) is 52.3 cm³/mol. The highest BCUT2D eigenvalue weighted by atomic mass is 16.5. The van der Waals surface area contributed by atoms with E-state index in [4.69, 9.17) is 9.84 Å². The maximum Gasteiger partial charge on any atom is 0.0701 e. The second-order valence-electron chi connectivity index (χ2n) is 2.91. The first-order valence-corrected chi connectivity index (χ1v) is 4.42. The molecule has 0 saturated heterocycles. The van der Waals surface area contributed by atoms with Crippen LogP contribution in [0.4, 0.5) is 0 Å². The van der Waals surface area contributed by atoms with Gasteiger partial charge in [-0.1, -0.05) is 30.3 Å². The van der Waals surface area contributed by atoms with Gasteiger partial charge in [-0.3, -0.25) is 0 Å². The Hall–Kier alpha value is -0.860. The topological polar surface area (TPSA) is 29.5 Å². The molecule has 2 nitrogen and oxygen atoms in total. The highest BCUT2D eigenvalue weighted by Gasteiger charge is 2.02. The lowest BCUT2D eigenvalue weighted by Crippen LogP contribution is -2.14. The molecule has 0 amide bonds. The maximum absolute atomic E-state index is 8.53. The fourth-order valence-electron chi connectivity index (χ4n) is 1.16. The average Bonchev–Trinajstić information content (AvgIpc) is 2.16. The Morgan fingerprint density at radius 1 is 1.31 bits per heavy atom. The Kier molecular flexibility index (Phi) is 4.50. The molecule has 0 aliphatic rings. The molecule has 0 aliphatic heterocycles. The van der Waals surface area contributed by atoms with Gasteiger partial charge in [0.2, 0.25) is 0 Å². The van der Waals surface area contributed by atoms with Crippen molar-refractivity contribution < 1.29 is 9.84 Å². The fourth-order valence-corrected chi connectivity index (χ4v) is 1.16. The number of rotatable bonds is 5. The van der Waals surface area contributed by atoms with Crippen molar-refractivity contribution in [2.45, 2.75) is 12.5 Å². The van der Waals surface area contributed by atoms with Crippen molar-refractivity contribution >= 4 is 0 Å². The summed E-state index contributed by atoms with van der Waals surface area (Å²) in [5.74, 6) is 0. The molecule has 0 heterocycles. The Balaban J connectivity index is 2.32. The van der Waals surface area contributed by atoms with Gasteiger partial charge >= 0.3 is 0 Å². The van der Waals surface area contributed by atoms with Crippen molar-refractivity contribution in [3.63, 3.8) is 0 Å². The van der Waals surface area contributed by atoms with Crippen LogP contribution in [0.5, 0.6) is 0 Å². The van der Waals surface area contributed by atoms with Gasteiger partial charge in [-0.15, -0.1) is 0 Å². The normalized spacial score (nSPS) is 12.8. The molecule has 0 aliphatic carbocycles. The zero-order valence-electron chi connectivity index (χ0n) is 7.65. The molecule has 1 rings (SSSR count). The van der Waals surface area contributed by atoms with E-state index in [1.807, 2.05) is 30.3 Å². The van der Waals surface area contributed by atoms with Gasteiger partial charge in [-0.2, -0.15) is 0 Å². The molecule has 0 aromatic heterocycles. The number of aliphatic hydroxyl groups excluding tert-OH is 1. The highest BCUT2D eigenvalue weighted by Crippen LogP contribution is 2.04. The van der Waals surface area contributed by atoms with Crippen LogP contribution >= 0.6 is 0 Å². The van der Waals surface area contributed by atoms with E-state index >= 15 is 0 Å². The molecule has 1 atom stereocenters. The van der Waals surface area contributed by atoms with E-state index in [1.165, 1.54) is 5.56 Å². The third kappa shape index (κ3) is 4.06. The van der Waals surface area contributed by atoms with E-state index < -0.39 is 0 Å². The van der Waals surface area contributed by atoms with Crippen LogP contribution < -0.4 is 0 Å². The second-order valence-corrected chi connectivity index (χ2v) is 2.91.